The first-order valence-corrected chi connectivity index (χ1v) is 7.84. The maximum Gasteiger partial charge on any atom is 0.0620 e. The summed E-state index contributed by atoms with van der Waals surface area (Å²) >= 11 is 12.2. The van der Waals surface area contributed by atoms with E-state index in [1.165, 1.54) is 0 Å². The fourth-order valence-corrected chi connectivity index (χ4v) is 3.21. The van der Waals surface area contributed by atoms with Crippen molar-refractivity contribution in [3.63, 3.8) is 0 Å². The lowest BCUT2D eigenvalue weighted by molar-refractivity contribution is 0.0708. The Hall–Kier alpha value is -0.320. The van der Waals surface area contributed by atoms with Crippen LogP contribution in [0.25, 0.3) is 0 Å². The third-order valence-corrected chi connectivity index (χ3v) is 4.16. The number of hydrogen-bond acceptors (Lipinski definition) is 3. The zero-order chi connectivity index (χ0) is 14.5. The molecule has 0 aromatic heterocycles. The van der Waals surface area contributed by atoms with Gasteiger partial charge in [0.25, 0.3) is 0 Å². The quantitative estimate of drug-likeness (QED) is 0.873. The van der Waals surface area contributed by atoms with Gasteiger partial charge < -0.3 is 15.4 Å². The number of halogens is 2. The SMILES string of the molecule is CC(CC1COCCN1)NC(C)c1ccc(Cl)cc1Cl. The first kappa shape index (κ1) is 16.1. The molecule has 3 nitrogen and oxygen atoms in total. The van der Waals surface area contributed by atoms with Gasteiger partial charge in [-0.2, -0.15) is 0 Å². The molecule has 112 valence electrons. The van der Waals surface area contributed by atoms with Crippen LogP contribution in [0.1, 0.15) is 31.9 Å². The summed E-state index contributed by atoms with van der Waals surface area (Å²) in [6, 6.07) is 6.66. The summed E-state index contributed by atoms with van der Waals surface area (Å²) in [5, 5.41) is 8.43. The molecule has 1 aliphatic heterocycles. The Morgan fingerprint density at radius 1 is 1.40 bits per heavy atom. The largest absolute Gasteiger partial charge is 0.379 e. The molecule has 1 heterocycles. The molecular weight excluding hydrogens is 295 g/mol. The van der Waals surface area contributed by atoms with Crippen molar-refractivity contribution in [3.8, 4) is 0 Å². The Morgan fingerprint density at radius 2 is 2.20 bits per heavy atom. The lowest BCUT2D eigenvalue weighted by atomic mass is 10.0. The van der Waals surface area contributed by atoms with E-state index in [2.05, 4.69) is 24.5 Å². The molecule has 0 spiro atoms. The molecule has 1 fully saturated rings. The minimum Gasteiger partial charge on any atom is -0.379 e. The molecule has 5 heteroatoms. The summed E-state index contributed by atoms with van der Waals surface area (Å²) in [6.45, 7) is 6.86. The molecule has 1 saturated heterocycles. The highest BCUT2D eigenvalue weighted by Crippen LogP contribution is 2.26. The molecule has 0 bridgehead atoms. The lowest BCUT2D eigenvalue weighted by Gasteiger charge is -2.28. The minimum absolute atomic E-state index is 0.194. The van der Waals surface area contributed by atoms with Crippen LogP contribution in [0.15, 0.2) is 18.2 Å². The van der Waals surface area contributed by atoms with Crippen LogP contribution < -0.4 is 10.6 Å². The van der Waals surface area contributed by atoms with E-state index < -0.39 is 0 Å². The smallest absolute Gasteiger partial charge is 0.0620 e. The van der Waals surface area contributed by atoms with Crippen molar-refractivity contribution in [2.24, 2.45) is 0 Å². The molecular formula is C15H22Cl2N2O. The summed E-state index contributed by atoms with van der Waals surface area (Å²) in [5.74, 6) is 0. The Kier molecular flexibility index (Phi) is 6.12. The van der Waals surface area contributed by atoms with Crippen molar-refractivity contribution >= 4 is 23.2 Å². The topological polar surface area (TPSA) is 33.3 Å². The van der Waals surface area contributed by atoms with E-state index in [9.17, 15) is 0 Å². The van der Waals surface area contributed by atoms with Crippen LogP contribution in [-0.4, -0.2) is 31.8 Å². The van der Waals surface area contributed by atoms with Gasteiger partial charge in [0.2, 0.25) is 0 Å². The number of nitrogens with one attached hydrogen (secondary N) is 2. The Labute approximate surface area is 131 Å². The first-order valence-electron chi connectivity index (χ1n) is 7.08. The number of morpholine rings is 1. The summed E-state index contributed by atoms with van der Waals surface area (Å²) in [4.78, 5) is 0. The molecule has 0 amide bonds. The third-order valence-electron chi connectivity index (χ3n) is 3.60. The van der Waals surface area contributed by atoms with Crippen LogP contribution in [0.3, 0.4) is 0 Å². The fourth-order valence-electron chi connectivity index (χ4n) is 2.64. The van der Waals surface area contributed by atoms with E-state index in [-0.39, 0.29) is 6.04 Å². The van der Waals surface area contributed by atoms with Crippen molar-refractivity contribution in [1.82, 2.24) is 10.6 Å². The second kappa shape index (κ2) is 7.62. The number of ether oxygens (including phenoxy) is 1. The molecule has 1 aromatic rings. The average Bonchev–Trinajstić information content (AvgIpc) is 2.39. The molecule has 3 atom stereocenters. The van der Waals surface area contributed by atoms with Crippen molar-refractivity contribution < 1.29 is 4.74 Å². The fraction of sp³-hybridized carbons (Fsp3) is 0.600. The second-order valence-electron chi connectivity index (χ2n) is 5.42. The van der Waals surface area contributed by atoms with Gasteiger partial charge in [0.15, 0.2) is 0 Å². The van der Waals surface area contributed by atoms with Gasteiger partial charge in [0.1, 0.15) is 0 Å². The van der Waals surface area contributed by atoms with E-state index in [1.54, 1.807) is 6.07 Å². The highest BCUT2D eigenvalue weighted by molar-refractivity contribution is 6.35. The molecule has 0 aliphatic carbocycles. The molecule has 0 saturated carbocycles. The predicted molar refractivity (Wildman–Crippen MR) is 84.7 cm³/mol. The maximum atomic E-state index is 6.24. The lowest BCUT2D eigenvalue weighted by Crippen LogP contribution is -2.45. The summed E-state index contributed by atoms with van der Waals surface area (Å²) in [7, 11) is 0. The van der Waals surface area contributed by atoms with Crippen LogP contribution in [0.2, 0.25) is 10.0 Å². The van der Waals surface area contributed by atoms with E-state index in [0.717, 1.165) is 31.7 Å². The normalized spacial score (nSPS) is 22.5. The van der Waals surface area contributed by atoms with Gasteiger partial charge in [-0.25, -0.2) is 0 Å². The van der Waals surface area contributed by atoms with Crippen LogP contribution in [-0.2, 0) is 4.74 Å². The van der Waals surface area contributed by atoms with Crippen LogP contribution in [0.4, 0.5) is 0 Å². The summed E-state index contributed by atoms with van der Waals surface area (Å²) in [5.41, 5.74) is 1.08. The molecule has 2 N–H and O–H groups in total. The van der Waals surface area contributed by atoms with Crippen LogP contribution >= 0.6 is 23.2 Å². The van der Waals surface area contributed by atoms with Crippen molar-refractivity contribution in [3.05, 3.63) is 33.8 Å². The van der Waals surface area contributed by atoms with Gasteiger partial charge in [-0.15, -0.1) is 0 Å². The Balaban J connectivity index is 1.87. The predicted octanol–water partition coefficient (Wildman–Crippen LogP) is 3.41. The number of rotatable bonds is 5. The van der Waals surface area contributed by atoms with Gasteiger partial charge in [0.05, 0.1) is 13.2 Å². The number of hydrogen-bond donors (Lipinski definition) is 2. The minimum atomic E-state index is 0.194. The zero-order valence-electron chi connectivity index (χ0n) is 12.0. The molecule has 20 heavy (non-hydrogen) atoms. The van der Waals surface area contributed by atoms with Gasteiger partial charge in [0, 0.05) is 34.7 Å². The number of benzene rings is 1. The van der Waals surface area contributed by atoms with Crippen LogP contribution in [0.5, 0.6) is 0 Å². The summed E-state index contributed by atoms with van der Waals surface area (Å²) < 4.78 is 5.48. The first-order chi connectivity index (χ1) is 9.56. The summed E-state index contributed by atoms with van der Waals surface area (Å²) in [6.07, 6.45) is 1.04. The molecule has 2 rings (SSSR count). The molecule has 0 radical (unpaired) electrons. The van der Waals surface area contributed by atoms with E-state index in [1.807, 2.05) is 12.1 Å². The average molecular weight is 317 g/mol. The standard InChI is InChI=1S/C15H22Cl2N2O/c1-10(7-13-9-20-6-5-18-13)19-11(2)14-4-3-12(16)8-15(14)17/h3-4,8,10-11,13,18-19H,5-7,9H2,1-2H3. The van der Waals surface area contributed by atoms with Gasteiger partial charge in [-0.3, -0.25) is 0 Å². The zero-order valence-corrected chi connectivity index (χ0v) is 13.5. The van der Waals surface area contributed by atoms with E-state index in [0.29, 0.717) is 22.1 Å². The Bertz CT molecular complexity index is 436. The van der Waals surface area contributed by atoms with E-state index in [4.69, 9.17) is 27.9 Å². The highest BCUT2D eigenvalue weighted by Gasteiger charge is 2.18. The van der Waals surface area contributed by atoms with E-state index >= 15 is 0 Å². The third kappa shape index (κ3) is 4.61. The molecule has 1 aromatic carbocycles. The van der Waals surface area contributed by atoms with Crippen LogP contribution in [0, 0.1) is 0 Å². The monoisotopic (exact) mass is 316 g/mol. The van der Waals surface area contributed by atoms with Crippen molar-refractivity contribution in [2.75, 3.05) is 19.8 Å². The molecule has 3 unspecified atom stereocenters. The maximum absolute atomic E-state index is 6.24. The second-order valence-corrected chi connectivity index (χ2v) is 6.26. The Morgan fingerprint density at radius 3 is 2.85 bits per heavy atom. The highest BCUT2D eigenvalue weighted by atomic mass is 35.5. The van der Waals surface area contributed by atoms with Crippen molar-refractivity contribution in [2.45, 2.75) is 38.4 Å². The molecule has 1 aliphatic rings. The van der Waals surface area contributed by atoms with Gasteiger partial charge in [-0.05, 0) is 38.0 Å². The van der Waals surface area contributed by atoms with Gasteiger partial charge >= 0.3 is 0 Å². The van der Waals surface area contributed by atoms with Crippen molar-refractivity contribution in [1.29, 1.82) is 0 Å². The van der Waals surface area contributed by atoms with Gasteiger partial charge in [-0.1, -0.05) is 29.3 Å².